The molecule has 0 radical (unpaired) electrons. The second kappa shape index (κ2) is 11.1. The van der Waals surface area contributed by atoms with Gasteiger partial charge < -0.3 is 5.32 Å². The normalized spacial score (nSPS) is 12.4. The molecule has 0 aliphatic heterocycles. The Labute approximate surface area is 230 Å². The molecule has 4 rings (SSSR count). The summed E-state index contributed by atoms with van der Waals surface area (Å²) in [5, 5.41) is 2.94. The van der Waals surface area contributed by atoms with E-state index >= 15 is 0 Å². The SMILES string of the molecule is Cc1cccc(I)c1-c1c(C)cccc1S(=NC(=O)Nc1ccccc1)c1ccc(C(C)(C)C)cc1. The standard InChI is InChI=1S/C31H31IN2OS/c1-21-11-9-15-26(32)28(21)29-22(2)12-10-16-27(29)36(25-19-17-23(18-20-25)31(3,4)5)34-30(35)33-24-13-7-6-8-14-24/h6-20H,1-5H3,(H,33,35). The van der Waals surface area contributed by atoms with Crippen LogP contribution in [0.4, 0.5) is 10.5 Å². The number of urea groups is 1. The molecule has 0 aromatic heterocycles. The van der Waals surface area contributed by atoms with Crippen molar-refractivity contribution in [2.45, 2.75) is 49.8 Å². The molecule has 1 atom stereocenters. The molecule has 4 aromatic carbocycles. The molecule has 0 spiro atoms. The van der Waals surface area contributed by atoms with Gasteiger partial charge in [0.05, 0.1) is 0 Å². The maximum atomic E-state index is 13.2. The van der Waals surface area contributed by atoms with Gasteiger partial charge in [-0.05, 0) is 111 Å². The van der Waals surface area contributed by atoms with Crippen molar-refractivity contribution in [3.63, 3.8) is 0 Å². The number of carbonyl (C=O) groups is 1. The summed E-state index contributed by atoms with van der Waals surface area (Å²) in [5.41, 5.74) is 6.76. The number of hydrogen-bond donors (Lipinski definition) is 1. The fourth-order valence-electron chi connectivity index (χ4n) is 4.13. The molecule has 0 saturated heterocycles. The van der Waals surface area contributed by atoms with Gasteiger partial charge in [-0.2, -0.15) is 4.36 Å². The van der Waals surface area contributed by atoms with E-state index in [4.69, 9.17) is 4.36 Å². The number of carbonyl (C=O) groups excluding carboxylic acids is 1. The number of halogens is 1. The van der Waals surface area contributed by atoms with E-state index in [9.17, 15) is 4.79 Å². The van der Waals surface area contributed by atoms with Crippen molar-refractivity contribution in [3.8, 4) is 11.1 Å². The van der Waals surface area contributed by atoms with Crippen molar-refractivity contribution in [1.82, 2.24) is 0 Å². The molecule has 184 valence electrons. The molecule has 36 heavy (non-hydrogen) atoms. The van der Waals surface area contributed by atoms with Crippen LogP contribution in [0, 0.1) is 17.4 Å². The minimum atomic E-state index is -0.819. The molecule has 2 amide bonds. The fraction of sp³-hybridized carbons (Fsp3) is 0.194. The number of anilines is 1. The van der Waals surface area contributed by atoms with Gasteiger partial charge in [0.25, 0.3) is 0 Å². The molecule has 0 heterocycles. The summed E-state index contributed by atoms with van der Waals surface area (Å²) in [7, 11) is -0.819. The van der Waals surface area contributed by atoms with Gasteiger partial charge in [-0.25, -0.2) is 4.79 Å². The Morgan fingerprint density at radius 2 is 1.39 bits per heavy atom. The molecule has 5 heteroatoms. The van der Waals surface area contributed by atoms with Crippen LogP contribution >= 0.6 is 22.6 Å². The largest absolute Gasteiger partial charge is 0.352 e. The Kier molecular flexibility index (Phi) is 8.10. The van der Waals surface area contributed by atoms with E-state index in [0.29, 0.717) is 0 Å². The Bertz CT molecular complexity index is 1400. The molecule has 4 aromatic rings. The van der Waals surface area contributed by atoms with Crippen LogP contribution in [0.1, 0.15) is 37.5 Å². The van der Waals surface area contributed by atoms with Crippen LogP contribution in [-0.4, -0.2) is 6.03 Å². The molecule has 0 saturated carbocycles. The number of para-hydroxylation sites is 1. The van der Waals surface area contributed by atoms with Gasteiger partial charge in [-0.15, -0.1) is 0 Å². The highest BCUT2D eigenvalue weighted by Gasteiger charge is 2.20. The average Bonchev–Trinajstić information content (AvgIpc) is 2.83. The smallest absolute Gasteiger partial charge is 0.306 e. The lowest BCUT2D eigenvalue weighted by Crippen LogP contribution is -2.12. The van der Waals surface area contributed by atoms with Crippen molar-refractivity contribution in [1.29, 1.82) is 0 Å². The number of hydrogen-bond acceptors (Lipinski definition) is 1. The Balaban J connectivity index is 1.91. The molecule has 0 bridgehead atoms. The zero-order valence-corrected chi connectivity index (χ0v) is 24.3. The first-order valence-corrected chi connectivity index (χ1v) is 14.2. The van der Waals surface area contributed by atoms with Crippen LogP contribution < -0.4 is 5.32 Å². The number of nitrogens with zero attached hydrogens (tertiary/aromatic N) is 1. The summed E-state index contributed by atoms with van der Waals surface area (Å²) >= 11 is 2.41. The second-order valence-corrected chi connectivity index (χ2v) is 12.7. The zero-order chi connectivity index (χ0) is 25.9. The number of rotatable bonds is 4. The first-order valence-electron chi connectivity index (χ1n) is 11.9. The quantitative estimate of drug-likeness (QED) is 0.231. The highest BCUT2D eigenvalue weighted by molar-refractivity contribution is 14.1. The van der Waals surface area contributed by atoms with E-state index in [1.807, 2.05) is 30.3 Å². The molecular formula is C31H31IN2OS. The summed E-state index contributed by atoms with van der Waals surface area (Å²) in [4.78, 5) is 15.3. The number of amides is 2. The van der Waals surface area contributed by atoms with E-state index < -0.39 is 10.7 Å². The molecule has 1 unspecified atom stereocenters. The van der Waals surface area contributed by atoms with Crippen LogP contribution in [0.5, 0.6) is 0 Å². The predicted octanol–water partition coefficient (Wildman–Crippen LogP) is 9.32. The zero-order valence-electron chi connectivity index (χ0n) is 21.3. The first-order chi connectivity index (χ1) is 17.1. The van der Waals surface area contributed by atoms with Crippen LogP contribution in [0.3, 0.4) is 0 Å². The van der Waals surface area contributed by atoms with Crippen molar-refractivity contribution in [3.05, 3.63) is 111 Å². The highest BCUT2D eigenvalue weighted by atomic mass is 127. The van der Waals surface area contributed by atoms with Gasteiger partial charge in [0.2, 0.25) is 0 Å². The third-order valence-corrected chi connectivity index (χ3v) is 8.78. The number of benzene rings is 4. The van der Waals surface area contributed by atoms with Gasteiger partial charge >= 0.3 is 6.03 Å². The maximum Gasteiger partial charge on any atom is 0.352 e. The second-order valence-electron chi connectivity index (χ2n) is 9.83. The van der Waals surface area contributed by atoms with Gasteiger partial charge in [-0.3, -0.25) is 0 Å². The maximum absolute atomic E-state index is 13.2. The van der Waals surface area contributed by atoms with Crippen molar-refractivity contribution in [2.75, 3.05) is 5.32 Å². The minimum Gasteiger partial charge on any atom is -0.306 e. The lowest BCUT2D eigenvalue weighted by Gasteiger charge is -2.21. The third-order valence-electron chi connectivity index (χ3n) is 6.06. The molecule has 1 N–H and O–H groups in total. The van der Waals surface area contributed by atoms with E-state index in [1.165, 1.54) is 25.8 Å². The Hall–Kier alpha value is -2.77. The third kappa shape index (κ3) is 5.95. The Morgan fingerprint density at radius 3 is 2.00 bits per heavy atom. The monoisotopic (exact) mass is 606 g/mol. The van der Waals surface area contributed by atoms with Gasteiger partial charge in [-0.1, -0.05) is 75.4 Å². The van der Waals surface area contributed by atoms with Crippen molar-refractivity contribution in [2.24, 2.45) is 4.36 Å². The summed E-state index contributed by atoms with van der Waals surface area (Å²) in [6.07, 6.45) is 0. The van der Waals surface area contributed by atoms with E-state index in [0.717, 1.165) is 21.0 Å². The van der Waals surface area contributed by atoms with Crippen molar-refractivity contribution < 1.29 is 4.79 Å². The highest BCUT2D eigenvalue weighted by Crippen LogP contribution is 2.38. The van der Waals surface area contributed by atoms with Crippen molar-refractivity contribution >= 4 is 45.0 Å². The minimum absolute atomic E-state index is 0.0464. The van der Waals surface area contributed by atoms with Gasteiger partial charge in [0.15, 0.2) is 0 Å². The topological polar surface area (TPSA) is 41.5 Å². The van der Waals surface area contributed by atoms with Crippen LogP contribution in [-0.2, 0) is 16.1 Å². The predicted molar refractivity (Wildman–Crippen MR) is 161 cm³/mol. The van der Waals surface area contributed by atoms with Crippen LogP contribution in [0.15, 0.2) is 105 Å². The molecule has 0 aliphatic carbocycles. The first kappa shape index (κ1) is 26.3. The van der Waals surface area contributed by atoms with E-state index in [1.54, 1.807) is 0 Å². The van der Waals surface area contributed by atoms with Gasteiger partial charge in [0, 0.05) is 24.6 Å². The van der Waals surface area contributed by atoms with Crippen LogP contribution in [0.25, 0.3) is 11.1 Å². The molecule has 0 fully saturated rings. The lowest BCUT2D eigenvalue weighted by molar-refractivity contribution is 0.260. The van der Waals surface area contributed by atoms with Gasteiger partial charge in [0.1, 0.15) is 0 Å². The summed E-state index contributed by atoms with van der Waals surface area (Å²) < 4.78 is 5.95. The summed E-state index contributed by atoms with van der Waals surface area (Å²) in [6.45, 7) is 10.9. The van der Waals surface area contributed by atoms with E-state index in [2.05, 4.69) is 123 Å². The summed E-state index contributed by atoms with van der Waals surface area (Å²) in [6, 6.07) is 30.4. The number of nitrogens with one attached hydrogen (secondary N) is 1. The fourth-order valence-corrected chi connectivity index (χ4v) is 6.76. The van der Waals surface area contributed by atoms with E-state index in [-0.39, 0.29) is 11.4 Å². The average molecular weight is 607 g/mol. The number of aryl methyl sites for hydroxylation is 2. The molecule has 0 aliphatic rings. The molecular weight excluding hydrogens is 575 g/mol. The lowest BCUT2D eigenvalue weighted by atomic mass is 9.87. The van der Waals surface area contributed by atoms with Crippen LogP contribution in [0.2, 0.25) is 0 Å². The summed E-state index contributed by atoms with van der Waals surface area (Å²) in [5.74, 6) is 0. The molecule has 3 nitrogen and oxygen atoms in total. The Morgan fingerprint density at radius 1 is 0.778 bits per heavy atom.